The molecular weight excluding hydrogens is 587 g/mol. The molecule has 2 aliphatic rings. The molecule has 224 valence electrons. The number of hydrogen-bond donors (Lipinski definition) is 0. The third-order valence-corrected chi connectivity index (χ3v) is 13.7. The average molecular weight is 620 g/mol. The molecule has 7 aromatic carbocycles. The maximum Gasteiger partial charge on any atom is 0.0763 e. The number of para-hydroxylation sites is 3. The van der Waals surface area contributed by atoms with E-state index in [4.69, 9.17) is 0 Å². The van der Waals surface area contributed by atoms with E-state index in [1.54, 1.807) is 0 Å². The third-order valence-electron chi connectivity index (χ3n) is 10.7. The van der Waals surface area contributed by atoms with E-state index in [1.807, 2.05) is 0 Å². The Morgan fingerprint density at radius 2 is 1.00 bits per heavy atom. The van der Waals surface area contributed by atoms with E-state index in [0.29, 0.717) is 0 Å². The van der Waals surface area contributed by atoms with E-state index < -0.39 is 15.4 Å². The first-order chi connectivity index (χ1) is 23.1. The van der Waals surface area contributed by atoms with Gasteiger partial charge in [0, 0.05) is 10.8 Å². The van der Waals surface area contributed by atoms with Crippen LogP contribution in [0.3, 0.4) is 0 Å². The van der Waals surface area contributed by atoms with E-state index in [2.05, 4.69) is 181 Å². The Kier molecular flexibility index (Phi) is 5.49. The van der Waals surface area contributed by atoms with Crippen molar-refractivity contribution in [3.63, 3.8) is 0 Å². The lowest BCUT2D eigenvalue weighted by atomic mass is 9.62. The number of nitrogens with zero attached hydrogens (tertiary/aromatic N) is 1. The monoisotopic (exact) mass is 619 g/mol. The van der Waals surface area contributed by atoms with Crippen LogP contribution in [0.4, 0.5) is 0 Å². The van der Waals surface area contributed by atoms with Crippen LogP contribution in [-0.2, 0) is 5.41 Å². The van der Waals surface area contributed by atoms with Gasteiger partial charge in [-0.25, -0.2) is 0 Å². The van der Waals surface area contributed by atoms with Crippen molar-refractivity contribution in [1.29, 1.82) is 0 Å². The van der Waals surface area contributed by atoms with Crippen LogP contribution in [0.1, 0.15) is 22.3 Å². The second kappa shape index (κ2) is 9.61. The summed E-state index contributed by atoms with van der Waals surface area (Å²) in [5.74, 6) is 0. The first-order valence-corrected chi connectivity index (χ1v) is 18.8. The molecule has 0 amide bonds. The van der Waals surface area contributed by atoms with Crippen molar-refractivity contribution in [3.05, 3.63) is 186 Å². The van der Waals surface area contributed by atoms with Crippen molar-refractivity contribution in [2.24, 2.45) is 0 Å². The standard InChI is InChI=1S/C45H33NS/c1-47(2)42-22-11-8-18-37(42)45(39-29-33(27-28-43(39)47)32-25-23-31(24-26-32)30-13-4-3-5-14-30)36-17-7-10-21-41(36)46-40-20-9-6-15-34(40)35-16-12-19-38(45)44(35)46/h3-29H,1-2H3. The molecule has 0 saturated carbocycles. The van der Waals surface area contributed by atoms with Crippen LogP contribution in [0.15, 0.2) is 174 Å². The fraction of sp³-hybridized carbons (Fsp3) is 0.0667. The van der Waals surface area contributed by atoms with Crippen LogP contribution in [-0.4, -0.2) is 17.1 Å². The second-order valence-electron chi connectivity index (χ2n) is 13.3. The summed E-state index contributed by atoms with van der Waals surface area (Å²) in [6.45, 7) is 0. The highest BCUT2D eigenvalue weighted by Gasteiger charge is 2.51. The molecule has 0 fully saturated rings. The first kappa shape index (κ1) is 26.9. The molecule has 0 N–H and O–H groups in total. The van der Waals surface area contributed by atoms with E-state index in [0.717, 1.165) is 0 Å². The van der Waals surface area contributed by atoms with Crippen molar-refractivity contribution in [1.82, 2.24) is 4.57 Å². The van der Waals surface area contributed by atoms with Gasteiger partial charge in [0.1, 0.15) is 0 Å². The molecule has 10 rings (SSSR count). The average Bonchev–Trinajstić information content (AvgIpc) is 3.47. The second-order valence-corrected chi connectivity index (χ2v) is 16.8. The highest BCUT2D eigenvalue weighted by atomic mass is 32.3. The topological polar surface area (TPSA) is 4.93 Å². The Bertz CT molecular complexity index is 2540. The van der Waals surface area contributed by atoms with Gasteiger partial charge in [0.05, 0.1) is 22.1 Å². The summed E-state index contributed by atoms with van der Waals surface area (Å²) < 4.78 is 2.53. The summed E-state index contributed by atoms with van der Waals surface area (Å²) in [5, 5.41) is 2.62. The molecule has 1 atom stereocenters. The van der Waals surface area contributed by atoms with Gasteiger partial charge in [-0.1, -0.05) is 133 Å². The molecule has 3 heterocycles. The maximum absolute atomic E-state index is 2.53. The number of aromatic nitrogens is 1. The van der Waals surface area contributed by atoms with Crippen molar-refractivity contribution < 1.29 is 0 Å². The largest absolute Gasteiger partial charge is 0.309 e. The summed E-state index contributed by atoms with van der Waals surface area (Å²) in [5.41, 5.74) is 13.9. The molecule has 1 nitrogen and oxygen atoms in total. The smallest absolute Gasteiger partial charge is 0.0763 e. The zero-order chi connectivity index (χ0) is 31.3. The predicted molar refractivity (Wildman–Crippen MR) is 199 cm³/mol. The van der Waals surface area contributed by atoms with Gasteiger partial charge in [-0.15, -0.1) is 0 Å². The Morgan fingerprint density at radius 3 is 1.83 bits per heavy atom. The molecule has 0 aliphatic carbocycles. The van der Waals surface area contributed by atoms with Crippen molar-refractivity contribution in [3.8, 4) is 27.9 Å². The third kappa shape index (κ3) is 3.46. The molecule has 1 aromatic heterocycles. The summed E-state index contributed by atoms with van der Waals surface area (Å²) >= 11 is 0. The number of fused-ring (bicyclic) bond motifs is 11. The zero-order valence-corrected chi connectivity index (χ0v) is 27.3. The van der Waals surface area contributed by atoms with Gasteiger partial charge < -0.3 is 4.57 Å². The Hall–Kier alpha value is -5.31. The highest BCUT2D eigenvalue weighted by molar-refractivity contribution is 8.32. The van der Waals surface area contributed by atoms with Crippen LogP contribution in [0.2, 0.25) is 0 Å². The van der Waals surface area contributed by atoms with Gasteiger partial charge >= 0.3 is 0 Å². The van der Waals surface area contributed by atoms with Crippen LogP contribution in [0, 0.1) is 0 Å². The summed E-state index contributed by atoms with van der Waals surface area (Å²) in [6.07, 6.45) is 4.97. The molecule has 2 heteroatoms. The van der Waals surface area contributed by atoms with E-state index in [1.165, 1.54) is 81.8 Å². The molecular formula is C45H33NS. The number of benzene rings is 7. The van der Waals surface area contributed by atoms with E-state index in [9.17, 15) is 0 Å². The molecule has 0 saturated heterocycles. The van der Waals surface area contributed by atoms with Gasteiger partial charge in [0.15, 0.2) is 0 Å². The SMILES string of the molecule is CS1(C)c2ccccc2C2(c3ccccc3-n3c4ccccc4c4cccc2c43)c2cc(-c3ccc(-c4ccccc4)cc3)ccc21. The summed E-state index contributed by atoms with van der Waals surface area (Å²) in [4.78, 5) is 2.95. The lowest BCUT2D eigenvalue weighted by Crippen LogP contribution is -2.39. The Balaban J connectivity index is 1.33. The Labute approximate surface area is 277 Å². The molecule has 0 bridgehead atoms. The first-order valence-electron chi connectivity index (χ1n) is 16.3. The molecule has 1 spiro atoms. The van der Waals surface area contributed by atoms with Gasteiger partial charge in [0.25, 0.3) is 0 Å². The minimum Gasteiger partial charge on any atom is -0.309 e. The van der Waals surface area contributed by atoms with Crippen molar-refractivity contribution in [2.75, 3.05) is 12.5 Å². The van der Waals surface area contributed by atoms with Crippen LogP contribution >= 0.6 is 10.0 Å². The maximum atomic E-state index is 2.53. The van der Waals surface area contributed by atoms with Gasteiger partial charge in [0.2, 0.25) is 0 Å². The van der Waals surface area contributed by atoms with Crippen LogP contribution in [0.25, 0.3) is 49.7 Å². The minimum atomic E-state index is -1.30. The van der Waals surface area contributed by atoms with Crippen LogP contribution in [0.5, 0.6) is 0 Å². The van der Waals surface area contributed by atoms with Crippen molar-refractivity contribution >= 4 is 31.8 Å². The lowest BCUT2D eigenvalue weighted by molar-refractivity contribution is 0.686. The molecule has 47 heavy (non-hydrogen) atoms. The predicted octanol–water partition coefficient (Wildman–Crippen LogP) is 11.6. The summed E-state index contributed by atoms with van der Waals surface area (Å²) in [7, 11) is -1.30. The van der Waals surface area contributed by atoms with Gasteiger partial charge in [-0.05, 0) is 97.1 Å². The van der Waals surface area contributed by atoms with E-state index >= 15 is 0 Å². The summed E-state index contributed by atoms with van der Waals surface area (Å²) in [6, 6.07) is 61.5. The molecule has 2 aliphatic heterocycles. The molecule has 8 aromatic rings. The normalized spacial score (nSPS) is 17.7. The quantitative estimate of drug-likeness (QED) is 0.181. The number of rotatable bonds is 2. The molecule has 0 radical (unpaired) electrons. The van der Waals surface area contributed by atoms with Gasteiger partial charge in [-0.2, -0.15) is 10.0 Å². The Morgan fingerprint density at radius 1 is 0.426 bits per heavy atom. The van der Waals surface area contributed by atoms with Crippen LogP contribution < -0.4 is 0 Å². The molecule has 1 unspecified atom stereocenters. The number of hydrogen-bond acceptors (Lipinski definition) is 0. The van der Waals surface area contributed by atoms with Gasteiger partial charge in [-0.3, -0.25) is 0 Å². The van der Waals surface area contributed by atoms with E-state index in [-0.39, 0.29) is 0 Å². The fourth-order valence-electron chi connectivity index (χ4n) is 8.70. The highest BCUT2D eigenvalue weighted by Crippen LogP contribution is 2.70. The minimum absolute atomic E-state index is 0.463. The lowest BCUT2D eigenvalue weighted by Gasteiger charge is -2.52. The van der Waals surface area contributed by atoms with Crippen molar-refractivity contribution in [2.45, 2.75) is 15.2 Å². The zero-order valence-electron chi connectivity index (χ0n) is 26.4. The fourth-order valence-corrected chi connectivity index (χ4v) is 11.3.